The molecule has 1 atom stereocenters. The molecule has 0 spiro atoms. The highest BCUT2D eigenvalue weighted by Gasteiger charge is 2.20. The van der Waals surface area contributed by atoms with E-state index in [-0.39, 0.29) is 0 Å². The number of nitrogens with zero attached hydrogens (tertiary/aromatic N) is 2. The molecule has 1 unspecified atom stereocenters. The summed E-state index contributed by atoms with van der Waals surface area (Å²) in [5.74, 6) is 0.970. The van der Waals surface area contributed by atoms with E-state index in [2.05, 4.69) is 41.2 Å². The third kappa shape index (κ3) is 4.10. The van der Waals surface area contributed by atoms with Gasteiger partial charge in [0, 0.05) is 44.2 Å². The minimum atomic E-state index is 0.374. The molecule has 0 aliphatic carbocycles. The summed E-state index contributed by atoms with van der Waals surface area (Å²) in [7, 11) is 0. The zero-order valence-corrected chi connectivity index (χ0v) is 12.1. The van der Waals surface area contributed by atoms with Crippen LogP contribution in [0.2, 0.25) is 0 Å². The molecule has 19 heavy (non-hydrogen) atoms. The summed E-state index contributed by atoms with van der Waals surface area (Å²) in [6, 6.07) is 4.23. The Bertz CT molecular complexity index is 381. The smallest absolute Gasteiger partial charge is 0.127 e. The van der Waals surface area contributed by atoms with E-state index in [1.54, 1.807) is 0 Å². The number of anilines is 2. The minimum absolute atomic E-state index is 0.374. The highest BCUT2D eigenvalue weighted by Crippen LogP contribution is 2.22. The number of hydrogen-bond acceptors (Lipinski definition) is 4. The molecule has 0 aromatic carbocycles. The highest BCUT2D eigenvalue weighted by molar-refractivity contribution is 5.54. The predicted molar refractivity (Wildman–Crippen MR) is 79.9 cm³/mol. The molecule has 0 saturated carbocycles. The van der Waals surface area contributed by atoms with Gasteiger partial charge in [-0.15, -0.1) is 0 Å². The van der Waals surface area contributed by atoms with Gasteiger partial charge in [0.25, 0.3) is 0 Å². The summed E-state index contributed by atoms with van der Waals surface area (Å²) < 4.78 is 5.76. The van der Waals surface area contributed by atoms with Gasteiger partial charge in [0.2, 0.25) is 0 Å². The molecule has 1 aromatic heterocycles. The Labute approximate surface area is 116 Å². The Morgan fingerprint density at radius 2 is 2.37 bits per heavy atom. The van der Waals surface area contributed by atoms with Gasteiger partial charge in [-0.25, -0.2) is 4.98 Å². The second kappa shape index (κ2) is 7.34. The number of pyridine rings is 1. The van der Waals surface area contributed by atoms with Gasteiger partial charge >= 0.3 is 0 Å². The molecule has 4 nitrogen and oxygen atoms in total. The standard InChI is InChI=1S/C15H25N3O/c1-3-8-16-15-11-13(7-9-17-15)18-10-5-6-14(12-18)19-4-2/h7,9,11,14H,3-6,8,10,12H2,1-2H3,(H,16,17). The van der Waals surface area contributed by atoms with Crippen LogP contribution in [-0.2, 0) is 4.74 Å². The number of aromatic nitrogens is 1. The van der Waals surface area contributed by atoms with Gasteiger partial charge < -0.3 is 15.0 Å². The first-order valence-electron chi connectivity index (χ1n) is 7.40. The molecule has 1 fully saturated rings. The molecule has 106 valence electrons. The predicted octanol–water partition coefficient (Wildman–Crippen LogP) is 2.91. The van der Waals surface area contributed by atoms with Gasteiger partial charge in [-0.1, -0.05) is 6.92 Å². The third-order valence-corrected chi connectivity index (χ3v) is 3.45. The maximum atomic E-state index is 5.76. The number of rotatable bonds is 6. The molecule has 4 heteroatoms. The SMILES string of the molecule is CCCNc1cc(N2CCCC(OCC)C2)ccn1. The van der Waals surface area contributed by atoms with Crippen molar-refractivity contribution in [2.24, 2.45) is 0 Å². The molecule has 1 N–H and O–H groups in total. The Morgan fingerprint density at radius 1 is 1.47 bits per heavy atom. The van der Waals surface area contributed by atoms with Crippen LogP contribution in [0.4, 0.5) is 11.5 Å². The molecule has 0 amide bonds. The van der Waals surface area contributed by atoms with Crippen molar-refractivity contribution in [3.05, 3.63) is 18.3 Å². The number of hydrogen-bond donors (Lipinski definition) is 1. The molecular formula is C15H25N3O. The second-order valence-electron chi connectivity index (χ2n) is 4.99. The van der Waals surface area contributed by atoms with E-state index in [1.807, 2.05) is 6.20 Å². The van der Waals surface area contributed by atoms with E-state index in [0.717, 1.165) is 38.5 Å². The lowest BCUT2D eigenvalue weighted by atomic mass is 10.1. The summed E-state index contributed by atoms with van der Waals surface area (Å²) in [5.41, 5.74) is 1.25. The molecule has 1 aromatic rings. The first kappa shape index (κ1) is 14.1. The van der Waals surface area contributed by atoms with Gasteiger partial charge in [-0.3, -0.25) is 0 Å². The van der Waals surface area contributed by atoms with E-state index >= 15 is 0 Å². The van der Waals surface area contributed by atoms with Gasteiger partial charge in [-0.2, -0.15) is 0 Å². The fourth-order valence-corrected chi connectivity index (χ4v) is 2.51. The van der Waals surface area contributed by atoms with Gasteiger partial charge in [0.05, 0.1) is 6.10 Å². The van der Waals surface area contributed by atoms with Gasteiger partial charge in [0.15, 0.2) is 0 Å². The molecule has 2 rings (SSSR count). The van der Waals surface area contributed by atoms with Crippen LogP contribution in [0.1, 0.15) is 33.1 Å². The van der Waals surface area contributed by atoms with Crippen LogP contribution in [0, 0.1) is 0 Å². The number of piperidine rings is 1. The second-order valence-corrected chi connectivity index (χ2v) is 4.99. The molecule has 0 bridgehead atoms. The lowest BCUT2D eigenvalue weighted by molar-refractivity contribution is 0.0527. The summed E-state index contributed by atoms with van der Waals surface area (Å²) in [6.45, 7) is 8.11. The monoisotopic (exact) mass is 263 g/mol. The average Bonchev–Trinajstić information content (AvgIpc) is 2.46. The van der Waals surface area contributed by atoms with Crippen molar-refractivity contribution in [3.8, 4) is 0 Å². The largest absolute Gasteiger partial charge is 0.377 e. The van der Waals surface area contributed by atoms with Crippen molar-refractivity contribution in [2.45, 2.75) is 39.2 Å². The van der Waals surface area contributed by atoms with Crippen LogP contribution >= 0.6 is 0 Å². The van der Waals surface area contributed by atoms with E-state index in [4.69, 9.17) is 4.74 Å². The Hall–Kier alpha value is -1.29. The highest BCUT2D eigenvalue weighted by atomic mass is 16.5. The summed E-state index contributed by atoms with van der Waals surface area (Å²) >= 11 is 0. The maximum Gasteiger partial charge on any atom is 0.127 e. The molecule has 1 aliphatic rings. The number of nitrogens with one attached hydrogen (secondary N) is 1. The molecule has 1 aliphatic heterocycles. The van der Waals surface area contributed by atoms with E-state index < -0.39 is 0 Å². The first-order valence-corrected chi connectivity index (χ1v) is 7.40. The summed E-state index contributed by atoms with van der Waals surface area (Å²) in [4.78, 5) is 6.76. The normalized spacial score (nSPS) is 19.5. The van der Waals surface area contributed by atoms with Crippen LogP contribution in [-0.4, -0.2) is 37.3 Å². The molecule has 1 saturated heterocycles. The van der Waals surface area contributed by atoms with Gasteiger partial charge in [0.1, 0.15) is 5.82 Å². The van der Waals surface area contributed by atoms with Gasteiger partial charge in [-0.05, 0) is 32.3 Å². The lowest BCUT2D eigenvalue weighted by Gasteiger charge is -2.34. The molecule has 0 radical (unpaired) electrons. The van der Waals surface area contributed by atoms with Crippen LogP contribution in [0.3, 0.4) is 0 Å². The minimum Gasteiger partial charge on any atom is -0.377 e. The third-order valence-electron chi connectivity index (χ3n) is 3.45. The maximum absolute atomic E-state index is 5.76. The zero-order valence-electron chi connectivity index (χ0n) is 12.1. The van der Waals surface area contributed by atoms with Crippen LogP contribution in [0.25, 0.3) is 0 Å². The first-order chi connectivity index (χ1) is 9.33. The van der Waals surface area contributed by atoms with Crippen molar-refractivity contribution >= 4 is 11.5 Å². The zero-order chi connectivity index (χ0) is 13.5. The summed E-state index contributed by atoms with van der Waals surface area (Å²) in [5, 5.41) is 3.34. The van der Waals surface area contributed by atoms with Crippen molar-refractivity contribution in [1.29, 1.82) is 0 Å². The van der Waals surface area contributed by atoms with Crippen LogP contribution < -0.4 is 10.2 Å². The van der Waals surface area contributed by atoms with E-state index in [1.165, 1.54) is 18.5 Å². The van der Waals surface area contributed by atoms with Crippen molar-refractivity contribution < 1.29 is 4.74 Å². The van der Waals surface area contributed by atoms with Crippen LogP contribution in [0.5, 0.6) is 0 Å². The Balaban J connectivity index is 1.99. The van der Waals surface area contributed by atoms with Crippen molar-refractivity contribution in [1.82, 2.24) is 4.98 Å². The van der Waals surface area contributed by atoms with Crippen molar-refractivity contribution in [3.63, 3.8) is 0 Å². The van der Waals surface area contributed by atoms with Crippen LogP contribution in [0.15, 0.2) is 18.3 Å². The average molecular weight is 263 g/mol. The number of ether oxygens (including phenoxy) is 1. The van der Waals surface area contributed by atoms with Crippen molar-refractivity contribution in [2.75, 3.05) is 36.5 Å². The molecular weight excluding hydrogens is 238 g/mol. The van der Waals surface area contributed by atoms with E-state index in [9.17, 15) is 0 Å². The Morgan fingerprint density at radius 3 is 3.16 bits per heavy atom. The van der Waals surface area contributed by atoms with E-state index in [0.29, 0.717) is 6.10 Å². The molecule has 2 heterocycles. The summed E-state index contributed by atoms with van der Waals surface area (Å²) in [6.07, 6.45) is 5.75. The fourth-order valence-electron chi connectivity index (χ4n) is 2.51. The lowest BCUT2D eigenvalue weighted by Crippen LogP contribution is -2.39. The quantitative estimate of drug-likeness (QED) is 0.856. The topological polar surface area (TPSA) is 37.4 Å². The Kier molecular flexibility index (Phi) is 5.45. The fraction of sp³-hybridized carbons (Fsp3) is 0.667.